The number of hydrogen-bond acceptors (Lipinski definition) is 6. The minimum Gasteiger partial charge on any atom is -0.491 e. The Hall–Kier alpha value is -3.66. The van der Waals surface area contributed by atoms with Crippen molar-refractivity contribution in [2.24, 2.45) is 7.05 Å². The van der Waals surface area contributed by atoms with Crippen LogP contribution in [0.25, 0.3) is 17.1 Å². The maximum Gasteiger partial charge on any atom is 0.329 e. The van der Waals surface area contributed by atoms with Gasteiger partial charge in [-0.2, -0.15) is 10.1 Å². The molecular formula is C20H22N6O4. The molecule has 30 heavy (non-hydrogen) atoms. The van der Waals surface area contributed by atoms with E-state index in [1.165, 1.54) is 11.6 Å². The Kier molecular flexibility index (Phi) is 5.00. The van der Waals surface area contributed by atoms with Crippen molar-refractivity contribution in [2.75, 3.05) is 6.61 Å². The first-order chi connectivity index (χ1) is 14.3. The molecule has 0 aliphatic heterocycles. The Morgan fingerprint density at radius 2 is 1.93 bits per heavy atom. The van der Waals surface area contributed by atoms with Crippen molar-refractivity contribution in [3.05, 3.63) is 68.6 Å². The van der Waals surface area contributed by atoms with Gasteiger partial charge in [-0.3, -0.25) is 18.9 Å². The number of nitrogens with zero attached hydrogens (tertiary/aromatic N) is 5. The van der Waals surface area contributed by atoms with Gasteiger partial charge in [-0.1, -0.05) is 18.2 Å². The number of aliphatic hydroxyl groups is 1. The van der Waals surface area contributed by atoms with Gasteiger partial charge in [-0.15, -0.1) is 0 Å². The fourth-order valence-electron chi connectivity index (χ4n) is 3.36. The molecule has 156 valence electrons. The summed E-state index contributed by atoms with van der Waals surface area (Å²) < 4.78 is 10.0. The summed E-state index contributed by atoms with van der Waals surface area (Å²) in [6.45, 7) is 3.76. The van der Waals surface area contributed by atoms with Crippen molar-refractivity contribution in [3.63, 3.8) is 0 Å². The molecule has 0 fully saturated rings. The van der Waals surface area contributed by atoms with Crippen molar-refractivity contribution in [1.29, 1.82) is 0 Å². The van der Waals surface area contributed by atoms with Gasteiger partial charge in [0, 0.05) is 12.7 Å². The molecule has 10 nitrogen and oxygen atoms in total. The van der Waals surface area contributed by atoms with Gasteiger partial charge in [0.15, 0.2) is 11.2 Å². The van der Waals surface area contributed by atoms with Gasteiger partial charge >= 0.3 is 5.69 Å². The van der Waals surface area contributed by atoms with E-state index in [0.29, 0.717) is 11.7 Å². The Morgan fingerprint density at radius 1 is 1.20 bits per heavy atom. The number of benzene rings is 1. The molecule has 0 amide bonds. The van der Waals surface area contributed by atoms with Gasteiger partial charge in [0.2, 0.25) is 5.95 Å². The van der Waals surface area contributed by atoms with Crippen LogP contribution in [0.15, 0.2) is 46.0 Å². The van der Waals surface area contributed by atoms with Gasteiger partial charge in [-0.25, -0.2) is 9.48 Å². The Labute approximate surface area is 171 Å². The van der Waals surface area contributed by atoms with Gasteiger partial charge in [0.05, 0.1) is 12.2 Å². The molecule has 1 atom stereocenters. The van der Waals surface area contributed by atoms with Crippen LogP contribution in [0.3, 0.4) is 0 Å². The number of fused-ring (bicyclic) bond motifs is 1. The summed E-state index contributed by atoms with van der Waals surface area (Å²) in [7, 11) is 1.53. The van der Waals surface area contributed by atoms with Crippen molar-refractivity contribution in [2.45, 2.75) is 26.5 Å². The number of hydrogen-bond donors (Lipinski definition) is 2. The summed E-state index contributed by atoms with van der Waals surface area (Å²) in [4.78, 5) is 31.4. The quantitative estimate of drug-likeness (QED) is 0.482. The Balaban J connectivity index is 1.77. The van der Waals surface area contributed by atoms with Gasteiger partial charge in [-0.05, 0) is 32.0 Å². The molecule has 0 aliphatic rings. The molecule has 0 saturated heterocycles. The molecule has 1 aromatic carbocycles. The average molecular weight is 410 g/mol. The molecule has 4 rings (SSSR count). The molecule has 0 spiro atoms. The average Bonchev–Trinajstić information content (AvgIpc) is 3.25. The van der Waals surface area contributed by atoms with Crippen molar-refractivity contribution < 1.29 is 9.84 Å². The standard InChI is InChI=1S/C20H22N6O4/c1-12-9-13(2)26(23-12)19-21-17-16(18(28)22-20(29)24(17)3)25(19)10-14(27)11-30-15-7-5-4-6-8-15/h4-9,14,27H,10-11H2,1-3H3,(H,22,28,29)/t14-/m0/s1. The molecule has 4 aromatic rings. The van der Waals surface area contributed by atoms with E-state index in [4.69, 9.17) is 4.74 Å². The van der Waals surface area contributed by atoms with Gasteiger partial charge in [0.1, 0.15) is 18.5 Å². The number of ether oxygens (including phenoxy) is 1. The van der Waals surface area contributed by atoms with Crippen molar-refractivity contribution in [1.82, 2.24) is 28.9 Å². The normalized spacial score (nSPS) is 12.4. The first kappa shape index (κ1) is 19.6. The molecule has 0 radical (unpaired) electrons. The molecule has 0 unspecified atom stereocenters. The number of aromatic amines is 1. The summed E-state index contributed by atoms with van der Waals surface area (Å²) in [6, 6.07) is 11.0. The number of imidazole rings is 1. The predicted octanol–water partition coefficient (Wildman–Crippen LogP) is 0.666. The highest BCUT2D eigenvalue weighted by Gasteiger charge is 2.22. The van der Waals surface area contributed by atoms with Crippen LogP contribution in [0.1, 0.15) is 11.4 Å². The lowest BCUT2D eigenvalue weighted by Crippen LogP contribution is -2.31. The largest absolute Gasteiger partial charge is 0.491 e. The van der Waals surface area contributed by atoms with Crippen LogP contribution in [0.5, 0.6) is 5.75 Å². The molecule has 0 saturated carbocycles. The fourth-order valence-corrected chi connectivity index (χ4v) is 3.36. The lowest BCUT2D eigenvalue weighted by molar-refractivity contribution is 0.0932. The smallest absolute Gasteiger partial charge is 0.329 e. The SMILES string of the molecule is Cc1cc(C)n(-c2nc3c(c(=O)[nH]c(=O)n3C)n2C[C@H](O)COc2ccccc2)n1. The molecule has 3 aromatic heterocycles. The van der Waals surface area contributed by atoms with E-state index in [1.807, 2.05) is 38.1 Å². The molecule has 3 heterocycles. The van der Waals surface area contributed by atoms with Crippen molar-refractivity contribution >= 4 is 11.2 Å². The van der Waals surface area contributed by atoms with Crippen LogP contribution in [0.2, 0.25) is 0 Å². The number of aliphatic hydroxyl groups excluding tert-OH is 1. The van der Waals surface area contributed by atoms with Crippen LogP contribution in [0.4, 0.5) is 0 Å². The van der Waals surface area contributed by atoms with E-state index in [2.05, 4.69) is 15.1 Å². The first-order valence-electron chi connectivity index (χ1n) is 9.44. The van der Waals surface area contributed by atoms with E-state index >= 15 is 0 Å². The highest BCUT2D eigenvalue weighted by Crippen LogP contribution is 2.18. The van der Waals surface area contributed by atoms with Gasteiger partial charge in [0.25, 0.3) is 5.56 Å². The summed E-state index contributed by atoms with van der Waals surface area (Å²) in [6.07, 6.45) is -0.935. The molecule has 0 aliphatic carbocycles. The zero-order valence-electron chi connectivity index (χ0n) is 16.9. The predicted molar refractivity (Wildman–Crippen MR) is 110 cm³/mol. The van der Waals surface area contributed by atoms with Crippen LogP contribution in [-0.4, -0.2) is 46.7 Å². The number of aromatic nitrogens is 6. The van der Waals surface area contributed by atoms with Crippen LogP contribution >= 0.6 is 0 Å². The zero-order valence-corrected chi connectivity index (χ0v) is 16.9. The lowest BCUT2D eigenvalue weighted by atomic mass is 10.3. The number of aryl methyl sites for hydroxylation is 3. The highest BCUT2D eigenvalue weighted by atomic mass is 16.5. The Bertz CT molecular complexity index is 1320. The zero-order chi connectivity index (χ0) is 21.4. The Morgan fingerprint density at radius 3 is 2.60 bits per heavy atom. The van der Waals surface area contributed by atoms with Gasteiger partial charge < -0.3 is 9.84 Å². The molecule has 0 bridgehead atoms. The third-order valence-electron chi connectivity index (χ3n) is 4.76. The van der Waals surface area contributed by atoms with Crippen molar-refractivity contribution in [3.8, 4) is 11.7 Å². The monoisotopic (exact) mass is 410 g/mol. The van der Waals surface area contributed by atoms with E-state index in [0.717, 1.165) is 11.4 Å². The highest BCUT2D eigenvalue weighted by molar-refractivity contribution is 5.72. The van der Waals surface area contributed by atoms with Crippen LogP contribution in [-0.2, 0) is 13.6 Å². The van der Waals surface area contributed by atoms with Crippen LogP contribution in [0, 0.1) is 13.8 Å². The van der Waals surface area contributed by atoms with Crippen LogP contribution < -0.4 is 16.0 Å². The van der Waals surface area contributed by atoms with E-state index in [9.17, 15) is 14.7 Å². The second-order valence-electron chi connectivity index (χ2n) is 7.13. The summed E-state index contributed by atoms with van der Waals surface area (Å²) in [5.74, 6) is 0.965. The topological polar surface area (TPSA) is 120 Å². The summed E-state index contributed by atoms with van der Waals surface area (Å²) in [5.41, 5.74) is 0.831. The number of para-hydroxylation sites is 1. The minimum absolute atomic E-state index is 0.0178. The maximum absolute atomic E-state index is 12.6. The third kappa shape index (κ3) is 3.52. The van der Waals surface area contributed by atoms with E-state index in [-0.39, 0.29) is 24.3 Å². The second kappa shape index (κ2) is 7.64. The minimum atomic E-state index is -0.935. The maximum atomic E-state index is 12.6. The molecule has 10 heteroatoms. The molecular weight excluding hydrogens is 388 g/mol. The third-order valence-corrected chi connectivity index (χ3v) is 4.76. The number of rotatable bonds is 6. The first-order valence-corrected chi connectivity index (χ1v) is 9.44. The summed E-state index contributed by atoms with van der Waals surface area (Å²) >= 11 is 0. The molecule has 2 N–H and O–H groups in total. The summed E-state index contributed by atoms with van der Waals surface area (Å²) in [5, 5.41) is 15.1. The lowest BCUT2D eigenvalue weighted by Gasteiger charge is -2.15. The van der Waals surface area contributed by atoms with E-state index in [1.54, 1.807) is 21.4 Å². The number of nitrogens with one attached hydrogen (secondary N) is 1. The second-order valence-corrected chi connectivity index (χ2v) is 7.13. The van der Waals surface area contributed by atoms with E-state index < -0.39 is 17.4 Å². The fraction of sp³-hybridized carbons (Fsp3) is 0.300. The number of H-pyrrole nitrogens is 1.